The molecule has 2 aromatic carbocycles. The highest BCUT2D eigenvalue weighted by Crippen LogP contribution is 2.07. The van der Waals surface area contributed by atoms with Crippen molar-refractivity contribution in [2.45, 2.75) is 26.9 Å². The third kappa shape index (κ3) is 4.25. The fourth-order valence-corrected chi connectivity index (χ4v) is 1.76. The molecule has 0 aromatic heterocycles. The molecule has 0 atom stereocenters. The predicted octanol–water partition coefficient (Wildman–Crippen LogP) is 3.99. The Morgan fingerprint density at radius 3 is 2.53 bits per heavy atom. The van der Waals surface area contributed by atoms with Crippen LogP contribution in [0.15, 0.2) is 53.7 Å². The summed E-state index contributed by atoms with van der Waals surface area (Å²) in [6.45, 7) is 4.67. The predicted molar refractivity (Wildman–Crippen MR) is 78.3 cm³/mol. The van der Waals surface area contributed by atoms with E-state index in [1.165, 1.54) is 11.1 Å². The van der Waals surface area contributed by atoms with Crippen molar-refractivity contribution in [2.24, 2.45) is 5.16 Å². The largest absolute Gasteiger partial charge is 0.390 e. The van der Waals surface area contributed by atoms with Gasteiger partial charge >= 0.3 is 0 Å². The number of rotatable bonds is 5. The van der Waals surface area contributed by atoms with Crippen LogP contribution in [0.1, 0.15) is 29.2 Å². The number of benzene rings is 2. The van der Waals surface area contributed by atoms with Gasteiger partial charge in [0.25, 0.3) is 0 Å². The average molecular weight is 252 g/mol. The summed E-state index contributed by atoms with van der Waals surface area (Å²) in [4.78, 5) is 5.27. The van der Waals surface area contributed by atoms with Gasteiger partial charge in [-0.05, 0) is 24.5 Å². The van der Waals surface area contributed by atoms with E-state index in [0.29, 0.717) is 6.61 Å². The first-order valence-electron chi connectivity index (χ1n) is 6.50. The van der Waals surface area contributed by atoms with Crippen LogP contribution in [0.5, 0.6) is 0 Å². The molecule has 0 aliphatic heterocycles. The molecule has 0 spiro atoms. The number of aryl methyl sites for hydroxylation is 2. The van der Waals surface area contributed by atoms with Gasteiger partial charge in [0, 0.05) is 5.56 Å². The summed E-state index contributed by atoms with van der Waals surface area (Å²) < 4.78 is 0. The Bertz CT molecular complexity index is 543. The Labute approximate surface area is 114 Å². The molecule has 0 saturated carbocycles. The molecule has 0 N–H and O–H groups in total. The van der Waals surface area contributed by atoms with Gasteiger partial charge in [0.05, 0.1) is 0 Å². The molecule has 2 heteroatoms. The smallest absolute Gasteiger partial charge is 0.142 e. The van der Waals surface area contributed by atoms with Crippen LogP contribution < -0.4 is 0 Å². The first kappa shape index (κ1) is 13.3. The van der Waals surface area contributed by atoms with Crippen molar-refractivity contribution in [1.82, 2.24) is 0 Å². The zero-order chi connectivity index (χ0) is 13.5. The lowest BCUT2D eigenvalue weighted by atomic mass is 10.1. The van der Waals surface area contributed by atoms with Gasteiger partial charge < -0.3 is 4.84 Å². The van der Waals surface area contributed by atoms with Crippen LogP contribution in [0, 0.1) is 6.92 Å². The summed E-state index contributed by atoms with van der Waals surface area (Å²) in [6.07, 6.45) is 3.91. The van der Waals surface area contributed by atoms with E-state index in [4.69, 9.17) is 4.84 Å². The normalized spacial score (nSPS) is 10.8. The van der Waals surface area contributed by atoms with Crippen LogP contribution in [0.3, 0.4) is 0 Å². The highest BCUT2D eigenvalue weighted by Gasteiger charge is 1.95. The molecule has 2 rings (SSSR count). The van der Waals surface area contributed by atoms with Crippen molar-refractivity contribution in [2.75, 3.05) is 0 Å². The minimum atomic E-state index is 0.479. The van der Waals surface area contributed by atoms with Crippen LogP contribution in [0.4, 0.5) is 0 Å². The molecule has 97 valence electrons. The summed E-state index contributed by atoms with van der Waals surface area (Å²) in [7, 11) is 0. The second kappa shape index (κ2) is 6.74. The van der Waals surface area contributed by atoms with Gasteiger partial charge in [0.1, 0.15) is 12.8 Å². The molecular weight excluding hydrogens is 234 g/mol. The molecule has 0 unspecified atom stereocenters. The molecular formula is C17H18NO. The van der Waals surface area contributed by atoms with E-state index in [-0.39, 0.29) is 0 Å². The lowest BCUT2D eigenvalue weighted by molar-refractivity contribution is 0.132. The van der Waals surface area contributed by atoms with Gasteiger partial charge in [0.15, 0.2) is 0 Å². The maximum absolute atomic E-state index is 5.27. The fourth-order valence-electron chi connectivity index (χ4n) is 1.76. The summed E-state index contributed by atoms with van der Waals surface area (Å²) in [5.74, 6) is 0. The Morgan fingerprint density at radius 1 is 1.05 bits per heavy atom. The Kier molecular flexibility index (Phi) is 4.73. The molecule has 0 fully saturated rings. The van der Waals surface area contributed by atoms with Crippen LogP contribution in [0.25, 0.3) is 0 Å². The van der Waals surface area contributed by atoms with Gasteiger partial charge in [0.2, 0.25) is 0 Å². The fraction of sp³-hybridized carbons (Fsp3) is 0.235. The second-order valence-corrected chi connectivity index (χ2v) is 4.52. The second-order valence-electron chi connectivity index (χ2n) is 4.52. The van der Waals surface area contributed by atoms with E-state index in [0.717, 1.165) is 17.5 Å². The number of hydrogen-bond donors (Lipinski definition) is 0. The summed E-state index contributed by atoms with van der Waals surface area (Å²) in [5.41, 5.74) is 4.59. The zero-order valence-electron chi connectivity index (χ0n) is 11.4. The first-order chi connectivity index (χ1) is 9.28. The van der Waals surface area contributed by atoms with Crippen molar-refractivity contribution in [3.8, 4) is 0 Å². The molecule has 0 amide bonds. The zero-order valence-corrected chi connectivity index (χ0v) is 11.4. The molecule has 0 bridgehead atoms. The van der Waals surface area contributed by atoms with Gasteiger partial charge in [-0.3, -0.25) is 0 Å². The molecule has 1 radical (unpaired) electrons. The van der Waals surface area contributed by atoms with E-state index in [9.17, 15) is 0 Å². The molecule has 2 aromatic rings. The SMILES string of the molecule is CCc1cccc(CO/N=[C]\c2ccc(C)cc2)c1. The van der Waals surface area contributed by atoms with E-state index in [2.05, 4.69) is 37.4 Å². The highest BCUT2D eigenvalue weighted by atomic mass is 16.6. The van der Waals surface area contributed by atoms with Gasteiger partial charge in [-0.25, -0.2) is 0 Å². The molecule has 0 aliphatic carbocycles. The molecule has 2 nitrogen and oxygen atoms in total. The lowest BCUT2D eigenvalue weighted by Gasteiger charge is -2.02. The van der Waals surface area contributed by atoms with Crippen molar-refractivity contribution < 1.29 is 4.84 Å². The maximum atomic E-state index is 5.27. The van der Waals surface area contributed by atoms with E-state index < -0.39 is 0 Å². The monoisotopic (exact) mass is 252 g/mol. The molecule has 0 saturated heterocycles. The molecule has 19 heavy (non-hydrogen) atoms. The quantitative estimate of drug-likeness (QED) is 0.582. The van der Waals surface area contributed by atoms with E-state index >= 15 is 0 Å². The number of nitrogens with zero attached hydrogens (tertiary/aromatic N) is 1. The summed E-state index contributed by atoms with van der Waals surface area (Å²) in [6, 6.07) is 16.4. The van der Waals surface area contributed by atoms with Crippen molar-refractivity contribution >= 4 is 6.21 Å². The molecule has 0 heterocycles. The standard InChI is InChI=1S/C17H18NO/c1-3-15-5-4-6-17(11-15)13-19-18-12-16-9-7-14(2)8-10-16/h4-11H,3,13H2,1-2H3. The Morgan fingerprint density at radius 2 is 1.79 bits per heavy atom. The third-order valence-corrected chi connectivity index (χ3v) is 2.92. The van der Waals surface area contributed by atoms with Gasteiger partial charge in [-0.1, -0.05) is 66.2 Å². The van der Waals surface area contributed by atoms with E-state index in [1.54, 1.807) is 0 Å². The number of hydrogen-bond acceptors (Lipinski definition) is 2. The van der Waals surface area contributed by atoms with E-state index in [1.807, 2.05) is 36.4 Å². The van der Waals surface area contributed by atoms with Gasteiger partial charge in [-0.15, -0.1) is 0 Å². The minimum Gasteiger partial charge on any atom is -0.390 e. The lowest BCUT2D eigenvalue weighted by Crippen LogP contribution is -1.90. The Balaban J connectivity index is 1.87. The van der Waals surface area contributed by atoms with Crippen molar-refractivity contribution in [3.05, 3.63) is 70.8 Å². The minimum absolute atomic E-state index is 0.479. The van der Waals surface area contributed by atoms with Gasteiger partial charge in [-0.2, -0.15) is 0 Å². The Hall–Kier alpha value is -2.09. The first-order valence-corrected chi connectivity index (χ1v) is 6.50. The van der Waals surface area contributed by atoms with Crippen molar-refractivity contribution in [3.63, 3.8) is 0 Å². The topological polar surface area (TPSA) is 21.6 Å². The van der Waals surface area contributed by atoms with Crippen molar-refractivity contribution in [1.29, 1.82) is 0 Å². The van der Waals surface area contributed by atoms with Crippen LogP contribution >= 0.6 is 0 Å². The van der Waals surface area contributed by atoms with Crippen LogP contribution in [0.2, 0.25) is 0 Å². The summed E-state index contributed by atoms with van der Waals surface area (Å²) in [5, 5.41) is 3.87. The van der Waals surface area contributed by atoms with Crippen LogP contribution in [-0.2, 0) is 17.9 Å². The third-order valence-electron chi connectivity index (χ3n) is 2.92. The highest BCUT2D eigenvalue weighted by molar-refractivity contribution is 5.79. The maximum Gasteiger partial charge on any atom is 0.142 e. The average Bonchev–Trinajstić information content (AvgIpc) is 2.46. The van der Waals surface area contributed by atoms with Crippen LogP contribution in [-0.4, -0.2) is 6.21 Å². The molecule has 0 aliphatic rings. The summed E-state index contributed by atoms with van der Waals surface area (Å²) >= 11 is 0.